The molecule has 3 heterocycles. The minimum absolute atomic E-state index is 0.830. The van der Waals surface area contributed by atoms with Crippen LogP contribution >= 0.6 is 0 Å². The van der Waals surface area contributed by atoms with E-state index in [1.807, 2.05) is 30.8 Å². The predicted octanol–water partition coefficient (Wildman–Crippen LogP) is 2.41. The largest absolute Gasteiger partial charge is 0.309 e. The highest BCUT2D eigenvalue weighted by Crippen LogP contribution is 2.26. The van der Waals surface area contributed by atoms with Gasteiger partial charge in [0.25, 0.3) is 0 Å². The van der Waals surface area contributed by atoms with E-state index >= 15 is 0 Å². The van der Waals surface area contributed by atoms with E-state index in [1.165, 1.54) is 5.52 Å². The van der Waals surface area contributed by atoms with E-state index in [1.54, 1.807) is 0 Å². The van der Waals surface area contributed by atoms with Gasteiger partial charge < -0.3 is 4.57 Å². The number of benzene rings is 1. The van der Waals surface area contributed by atoms with Crippen molar-refractivity contribution in [2.24, 2.45) is 7.05 Å². The van der Waals surface area contributed by atoms with Crippen LogP contribution in [0.25, 0.3) is 28.3 Å². The molecular weight excluding hydrogens is 264 g/mol. The van der Waals surface area contributed by atoms with Crippen LogP contribution in [-0.2, 0) is 13.6 Å². The summed E-state index contributed by atoms with van der Waals surface area (Å²) in [7, 11) is 1.93. The molecule has 0 fully saturated rings. The number of imidazole rings is 1. The number of para-hydroxylation sites is 2. The Morgan fingerprint density at radius 2 is 1.86 bits per heavy atom. The normalized spacial score (nSPS) is 11.8. The molecule has 0 spiro atoms. The summed E-state index contributed by atoms with van der Waals surface area (Å²) in [6.45, 7) is 4.96. The van der Waals surface area contributed by atoms with Gasteiger partial charge in [0.1, 0.15) is 5.69 Å². The Balaban J connectivity index is 2.15. The zero-order chi connectivity index (χ0) is 14.6. The van der Waals surface area contributed by atoms with Gasteiger partial charge in [0.2, 0.25) is 5.78 Å². The molecule has 6 nitrogen and oxygen atoms in total. The Morgan fingerprint density at radius 1 is 1.10 bits per heavy atom. The van der Waals surface area contributed by atoms with Gasteiger partial charge >= 0.3 is 0 Å². The summed E-state index contributed by atoms with van der Waals surface area (Å²) in [5, 5.41) is 13.2. The van der Waals surface area contributed by atoms with Crippen LogP contribution in [-0.4, -0.2) is 28.9 Å². The van der Waals surface area contributed by atoms with Crippen molar-refractivity contribution in [3.05, 3.63) is 36.0 Å². The number of nitrogens with zero attached hydrogens (tertiary/aromatic N) is 6. The molecule has 3 aromatic heterocycles. The Morgan fingerprint density at radius 3 is 2.52 bits per heavy atom. The first-order chi connectivity index (χ1) is 10.2. The monoisotopic (exact) mass is 280 g/mol. The lowest BCUT2D eigenvalue weighted by Crippen LogP contribution is -1.97. The van der Waals surface area contributed by atoms with Crippen molar-refractivity contribution in [1.82, 2.24) is 28.9 Å². The van der Waals surface area contributed by atoms with Crippen molar-refractivity contribution < 1.29 is 0 Å². The molecule has 0 aliphatic rings. The molecule has 0 saturated heterocycles. The molecule has 0 atom stereocenters. The van der Waals surface area contributed by atoms with Crippen molar-refractivity contribution in [3.63, 3.8) is 0 Å². The summed E-state index contributed by atoms with van der Waals surface area (Å²) >= 11 is 0. The molecule has 4 aromatic rings. The Bertz CT molecular complexity index is 955. The van der Waals surface area contributed by atoms with E-state index in [0.717, 1.165) is 35.1 Å². The number of aromatic nitrogens is 6. The molecule has 0 unspecified atom stereocenters. The zero-order valence-corrected chi connectivity index (χ0v) is 12.3. The Kier molecular flexibility index (Phi) is 2.42. The van der Waals surface area contributed by atoms with Crippen LogP contribution in [0.1, 0.15) is 12.6 Å². The zero-order valence-electron chi connectivity index (χ0n) is 12.3. The molecule has 4 rings (SSSR count). The van der Waals surface area contributed by atoms with Gasteiger partial charge in [-0.1, -0.05) is 12.1 Å². The van der Waals surface area contributed by atoms with E-state index in [9.17, 15) is 0 Å². The summed E-state index contributed by atoms with van der Waals surface area (Å²) in [5.41, 5.74) is 4.24. The van der Waals surface area contributed by atoms with Crippen LogP contribution in [0.3, 0.4) is 0 Å². The molecule has 0 N–H and O–H groups in total. The second-order valence-electron chi connectivity index (χ2n) is 5.19. The first-order valence-corrected chi connectivity index (χ1v) is 7.04. The molecule has 0 radical (unpaired) electrons. The highest BCUT2D eigenvalue weighted by molar-refractivity contribution is 5.83. The van der Waals surface area contributed by atoms with Crippen LogP contribution in [0.15, 0.2) is 30.3 Å². The van der Waals surface area contributed by atoms with Crippen LogP contribution in [0.5, 0.6) is 0 Å². The third-order valence-electron chi connectivity index (χ3n) is 3.85. The number of hydrogen-bond donors (Lipinski definition) is 0. The summed E-state index contributed by atoms with van der Waals surface area (Å²) in [5.74, 6) is 1.70. The fourth-order valence-electron chi connectivity index (χ4n) is 2.96. The van der Waals surface area contributed by atoms with Gasteiger partial charge in [0.05, 0.1) is 16.7 Å². The van der Waals surface area contributed by atoms with Crippen LogP contribution in [0, 0.1) is 6.92 Å². The number of fused-ring (bicyclic) bond motifs is 3. The molecule has 0 aliphatic carbocycles. The molecule has 0 saturated carbocycles. The number of hydrogen-bond acceptors (Lipinski definition) is 3. The standard InChI is InChI=1S/C15H16N6/c1-4-20-11-7-5-6-8-12(11)21-14(16-17-15(20)21)13-9-10(2)18-19(13)3/h5-9H,4H2,1-3H3. The van der Waals surface area contributed by atoms with Gasteiger partial charge in [-0.2, -0.15) is 5.10 Å². The lowest BCUT2D eigenvalue weighted by Gasteiger charge is -1.99. The average molecular weight is 280 g/mol. The molecule has 21 heavy (non-hydrogen) atoms. The second-order valence-corrected chi connectivity index (χ2v) is 5.19. The van der Waals surface area contributed by atoms with Gasteiger partial charge in [-0.15, -0.1) is 10.2 Å². The summed E-state index contributed by atoms with van der Waals surface area (Å²) in [4.78, 5) is 0. The maximum Gasteiger partial charge on any atom is 0.236 e. The molecule has 0 aliphatic heterocycles. The van der Waals surface area contributed by atoms with Gasteiger partial charge in [-0.25, -0.2) is 0 Å². The molecule has 0 amide bonds. The van der Waals surface area contributed by atoms with E-state index in [-0.39, 0.29) is 0 Å². The summed E-state index contributed by atoms with van der Waals surface area (Å²) < 4.78 is 6.13. The highest BCUT2D eigenvalue weighted by Gasteiger charge is 2.19. The van der Waals surface area contributed by atoms with Gasteiger partial charge in [0.15, 0.2) is 5.82 Å². The lowest BCUT2D eigenvalue weighted by molar-refractivity contribution is 0.758. The fraction of sp³-hybridized carbons (Fsp3) is 0.267. The average Bonchev–Trinajstić information content (AvgIpc) is 3.11. The van der Waals surface area contributed by atoms with Crippen LogP contribution < -0.4 is 0 Å². The molecular formula is C15H16N6. The smallest absolute Gasteiger partial charge is 0.236 e. The van der Waals surface area contributed by atoms with Crippen LogP contribution in [0.2, 0.25) is 0 Å². The maximum absolute atomic E-state index is 4.41. The van der Waals surface area contributed by atoms with Crippen molar-refractivity contribution in [3.8, 4) is 11.5 Å². The summed E-state index contributed by atoms with van der Waals surface area (Å²) in [6.07, 6.45) is 0. The van der Waals surface area contributed by atoms with Crippen molar-refractivity contribution >= 4 is 16.8 Å². The topological polar surface area (TPSA) is 52.9 Å². The highest BCUT2D eigenvalue weighted by atomic mass is 15.4. The molecule has 0 bridgehead atoms. The SMILES string of the molecule is CCn1c2ccccc2n2c(-c3cc(C)nn3C)nnc12. The molecule has 6 heteroatoms. The Labute approximate surface area is 121 Å². The number of aryl methyl sites for hydroxylation is 3. The van der Waals surface area contributed by atoms with Gasteiger partial charge in [0, 0.05) is 13.6 Å². The van der Waals surface area contributed by atoms with Gasteiger partial charge in [-0.3, -0.25) is 9.08 Å². The first-order valence-electron chi connectivity index (χ1n) is 7.04. The van der Waals surface area contributed by atoms with E-state index in [4.69, 9.17) is 0 Å². The van der Waals surface area contributed by atoms with E-state index in [0.29, 0.717) is 0 Å². The first kappa shape index (κ1) is 12.1. The van der Waals surface area contributed by atoms with Gasteiger partial charge in [-0.05, 0) is 32.0 Å². The summed E-state index contributed by atoms with van der Waals surface area (Å²) in [6, 6.07) is 10.3. The second kappa shape index (κ2) is 4.18. The molecule has 1 aromatic carbocycles. The van der Waals surface area contributed by atoms with Crippen molar-refractivity contribution in [2.75, 3.05) is 0 Å². The number of rotatable bonds is 2. The fourth-order valence-corrected chi connectivity index (χ4v) is 2.96. The lowest BCUT2D eigenvalue weighted by atomic mass is 10.3. The third kappa shape index (κ3) is 1.55. The Hall–Kier alpha value is -2.63. The quantitative estimate of drug-likeness (QED) is 0.566. The van der Waals surface area contributed by atoms with Crippen molar-refractivity contribution in [2.45, 2.75) is 20.4 Å². The van der Waals surface area contributed by atoms with E-state index < -0.39 is 0 Å². The minimum atomic E-state index is 0.830. The predicted molar refractivity (Wildman–Crippen MR) is 81.1 cm³/mol. The van der Waals surface area contributed by atoms with E-state index in [2.05, 4.69) is 49.4 Å². The van der Waals surface area contributed by atoms with Crippen LogP contribution in [0.4, 0.5) is 0 Å². The third-order valence-corrected chi connectivity index (χ3v) is 3.85. The molecule has 106 valence electrons. The van der Waals surface area contributed by atoms with Crippen molar-refractivity contribution in [1.29, 1.82) is 0 Å². The maximum atomic E-state index is 4.41. The minimum Gasteiger partial charge on any atom is -0.309 e.